The minimum absolute atomic E-state index is 0.549. The summed E-state index contributed by atoms with van der Waals surface area (Å²) < 4.78 is 14.0. The first-order chi connectivity index (χ1) is 11.7. The maximum atomic E-state index is 5.95. The molecule has 4 aromatic rings. The number of fused-ring (bicyclic) bond motifs is 1. The van der Waals surface area contributed by atoms with E-state index in [9.17, 15) is 0 Å². The molecule has 0 unspecified atom stereocenters. The van der Waals surface area contributed by atoms with Crippen LogP contribution in [0.2, 0.25) is 0 Å². The Bertz CT molecular complexity index is 1020. The van der Waals surface area contributed by atoms with Crippen LogP contribution in [0.3, 0.4) is 0 Å². The summed E-state index contributed by atoms with van der Waals surface area (Å²) in [5.74, 6) is 1.26. The van der Waals surface area contributed by atoms with E-state index in [2.05, 4.69) is 31.1 Å². The first-order valence-corrected chi connectivity index (χ1v) is 8.05. The largest absolute Gasteiger partial charge is 0.495 e. The molecule has 0 aliphatic rings. The summed E-state index contributed by atoms with van der Waals surface area (Å²) >= 11 is 3.53. The normalized spacial score (nSPS) is 11.1. The third-order valence-electron chi connectivity index (χ3n) is 3.71. The van der Waals surface area contributed by atoms with Gasteiger partial charge in [0.25, 0.3) is 0 Å². The fourth-order valence-corrected chi connectivity index (χ4v) is 3.24. The van der Waals surface area contributed by atoms with E-state index >= 15 is 0 Å². The molecule has 0 aliphatic heterocycles. The van der Waals surface area contributed by atoms with Crippen LogP contribution in [0.25, 0.3) is 28.2 Å². The van der Waals surface area contributed by atoms with Gasteiger partial charge in [-0.2, -0.15) is 0 Å². The smallest absolute Gasteiger partial charge is 0.227 e. The van der Waals surface area contributed by atoms with Gasteiger partial charge < -0.3 is 9.15 Å². The van der Waals surface area contributed by atoms with Gasteiger partial charge in [0.2, 0.25) is 5.89 Å². The molecule has 120 valence electrons. The average molecular weight is 385 g/mol. The average Bonchev–Trinajstić information content (AvgIpc) is 3.23. The Balaban J connectivity index is 1.88. The maximum absolute atomic E-state index is 5.95. The van der Waals surface area contributed by atoms with Crippen molar-refractivity contribution in [2.24, 2.45) is 0 Å². The molecular formula is C17H13BrN4O2. The predicted molar refractivity (Wildman–Crippen MR) is 93.4 cm³/mol. The second-order valence-corrected chi connectivity index (χ2v) is 6.22. The summed E-state index contributed by atoms with van der Waals surface area (Å²) in [6, 6.07) is 9.73. The molecule has 0 N–H and O–H groups in total. The van der Waals surface area contributed by atoms with Gasteiger partial charge in [-0.3, -0.25) is 4.57 Å². The van der Waals surface area contributed by atoms with E-state index in [4.69, 9.17) is 9.15 Å². The molecule has 0 amide bonds. The summed E-state index contributed by atoms with van der Waals surface area (Å²) in [6.07, 6.45) is 3.24. The van der Waals surface area contributed by atoms with Crippen molar-refractivity contribution in [2.75, 3.05) is 7.11 Å². The van der Waals surface area contributed by atoms with Gasteiger partial charge in [-0.05, 0) is 58.7 Å². The Hall–Kier alpha value is -2.67. The fourth-order valence-electron chi connectivity index (χ4n) is 2.60. The molecule has 0 fully saturated rings. The van der Waals surface area contributed by atoms with Crippen LogP contribution in [-0.2, 0) is 0 Å². The molecule has 0 aliphatic carbocycles. The zero-order chi connectivity index (χ0) is 16.7. The molecular weight excluding hydrogens is 372 g/mol. The number of ether oxygens (including phenoxy) is 1. The van der Waals surface area contributed by atoms with Crippen molar-refractivity contribution in [3.8, 4) is 22.9 Å². The number of oxazole rings is 1. The standard InChI is InChI=1S/C17H13BrN4O2/c1-10-5-12(18)16-13(6-10)21-17(24-16)11-3-4-15(23-2)14(7-11)22-8-19-20-9-22/h3-9H,1-2H3. The minimum Gasteiger partial charge on any atom is -0.495 e. The van der Waals surface area contributed by atoms with Crippen molar-refractivity contribution in [2.45, 2.75) is 6.92 Å². The molecule has 6 nitrogen and oxygen atoms in total. The van der Waals surface area contributed by atoms with Crippen LogP contribution in [0, 0.1) is 6.92 Å². The van der Waals surface area contributed by atoms with E-state index in [1.54, 1.807) is 24.3 Å². The molecule has 2 aromatic heterocycles. The van der Waals surface area contributed by atoms with Crippen molar-refractivity contribution < 1.29 is 9.15 Å². The first kappa shape index (κ1) is 14.9. The number of hydrogen-bond donors (Lipinski definition) is 0. The third kappa shape index (κ3) is 2.46. The molecule has 0 spiro atoms. The second-order valence-electron chi connectivity index (χ2n) is 5.37. The summed E-state index contributed by atoms with van der Waals surface area (Å²) in [7, 11) is 1.63. The minimum atomic E-state index is 0.549. The van der Waals surface area contributed by atoms with Gasteiger partial charge in [0.15, 0.2) is 5.58 Å². The zero-order valence-electron chi connectivity index (χ0n) is 13.0. The van der Waals surface area contributed by atoms with E-state index in [0.717, 1.165) is 32.4 Å². The molecule has 24 heavy (non-hydrogen) atoms. The maximum Gasteiger partial charge on any atom is 0.227 e. The Morgan fingerprint density at radius 2 is 1.92 bits per heavy atom. The number of benzene rings is 2. The highest BCUT2D eigenvalue weighted by Crippen LogP contribution is 2.33. The van der Waals surface area contributed by atoms with Gasteiger partial charge in [0.05, 0.1) is 17.3 Å². The monoisotopic (exact) mass is 384 g/mol. The molecule has 0 atom stereocenters. The first-order valence-electron chi connectivity index (χ1n) is 7.26. The van der Waals surface area contributed by atoms with Crippen molar-refractivity contribution in [1.82, 2.24) is 19.7 Å². The molecule has 0 radical (unpaired) electrons. The summed E-state index contributed by atoms with van der Waals surface area (Å²) in [4.78, 5) is 4.60. The molecule has 0 saturated heterocycles. The highest BCUT2D eigenvalue weighted by Gasteiger charge is 2.14. The SMILES string of the molecule is COc1ccc(-c2nc3cc(C)cc(Br)c3o2)cc1-n1cnnc1. The van der Waals surface area contributed by atoms with Gasteiger partial charge in [-0.15, -0.1) is 10.2 Å². The second kappa shape index (κ2) is 5.76. The van der Waals surface area contributed by atoms with Crippen molar-refractivity contribution in [1.29, 1.82) is 0 Å². The molecule has 7 heteroatoms. The van der Waals surface area contributed by atoms with Crippen molar-refractivity contribution in [3.05, 3.63) is 53.0 Å². The number of aromatic nitrogens is 4. The quantitative estimate of drug-likeness (QED) is 0.530. The van der Waals surface area contributed by atoms with Crippen LogP contribution in [0.5, 0.6) is 5.75 Å². The lowest BCUT2D eigenvalue weighted by molar-refractivity contribution is 0.413. The Labute approximate surface area is 146 Å². The molecule has 2 aromatic carbocycles. The van der Waals surface area contributed by atoms with Crippen LogP contribution < -0.4 is 4.74 Å². The van der Waals surface area contributed by atoms with E-state index in [1.807, 2.05) is 37.3 Å². The lowest BCUT2D eigenvalue weighted by Crippen LogP contribution is -1.96. The van der Waals surface area contributed by atoms with Gasteiger partial charge in [0.1, 0.15) is 23.9 Å². The number of halogens is 1. The van der Waals surface area contributed by atoms with E-state index in [-0.39, 0.29) is 0 Å². The predicted octanol–water partition coefficient (Wildman–Crippen LogP) is 4.16. The van der Waals surface area contributed by atoms with Gasteiger partial charge in [-0.1, -0.05) is 0 Å². The van der Waals surface area contributed by atoms with Crippen molar-refractivity contribution in [3.63, 3.8) is 0 Å². The lowest BCUT2D eigenvalue weighted by atomic mass is 10.2. The van der Waals surface area contributed by atoms with Crippen molar-refractivity contribution >= 4 is 27.0 Å². The van der Waals surface area contributed by atoms with Crippen LogP contribution in [0.1, 0.15) is 5.56 Å². The topological polar surface area (TPSA) is 66.0 Å². The van der Waals surface area contributed by atoms with Crippen LogP contribution in [0.15, 0.2) is 51.9 Å². The fraction of sp³-hybridized carbons (Fsp3) is 0.118. The highest BCUT2D eigenvalue weighted by molar-refractivity contribution is 9.10. The highest BCUT2D eigenvalue weighted by atomic mass is 79.9. The third-order valence-corrected chi connectivity index (χ3v) is 4.30. The number of rotatable bonds is 3. The van der Waals surface area contributed by atoms with E-state index in [1.165, 1.54) is 0 Å². The summed E-state index contributed by atoms with van der Waals surface area (Å²) in [5, 5.41) is 7.69. The molecule has 0 bridgehead atoms. The molecule has 4 rings (SSSR count). The Morgan fingerprint density at radius 1 is 1.12 bits per heavy atom. The summed E-state index contributed by atoms with van der Waals surface area (Å²) in [5.41, 5.74) is 4.34. The van der Waals surface area contributed by atoms with E-state index < -0.39 is 0 Å². The molecule has 0 saturated carbocycles. The Morgan fingerprint density at radius 3 is 2.67 bits per heavy atom. The molecule has 2 heterocycles. The number of nitrogens with zero attached hydrogens (tertiary/aromatic N) is 4. The van der Waals surface area contributed by atoms with Crippen LogP contribution in [-0.4, -0.2) is 26.9 Å². The number of methoxy groups -OCH3 is 1. The summed E-state index contributed by atoms with van der Waals surface area (Å²) in [6.45, 7) is 2.02. The van der Waals surface area contributed by atoms with Crippen LogP contribution in [0.4, 0.5) is 0 Å². The van der Waals surface area contributed by atoms with Gasteiger partial charge in [0, 0.05) is 5.56 Å². The van der Waals surface area contributed by atoms with Crippen LogP contribution >= 0.6 is 15.9 Å². The lowest BCUT2D eigenvalue weighted by Gasteiger charge is -2.09. The van der Waals surface area contributed by atoms with Gasteiger partial charge in [-0.25, -0.2) is 4.98 Å². The zero-order valence-corrected chi connectivity index (χ0v) is 14.6. The van der Waals surface area contributed by atoms with Gasteiger partial charge >= 0.3 is 0 Å². The number of aryl methyl sites for hydroxylation is 1. The number of hydrogen-bond acceptors (Lipinski definition) is 5. The van der Waals surface area contributed by atoms with E-state index in [0.29, 0.717) is 11.6 Å². The Kier molecular flexibility index (Phi) is 3.57.